The Hall–Kier alpha value is -3.12. The molecule has 0 amide bonds. The van der Waals surface area contributed by atoms with E-state index >= 15 is 0 Å². The normalized spacial score (nSPS) is 15.3. The molecular formula is C36H40. The van der Waals surface area contributed by atoms with Crippen molar-refractivity contribution in [1.82, 2.24) is 0 Å². The maximum Gasteiger partial charge on any atom is 0.0204 e. The highest BCUT2D eigenvalue weighted by Gasteiger charge is 2.47. The largest absolute Gasteiger partial charge is 0.0642 e. The van der Waals surface area contributed by atoms with Crippen LogP contribution >= 0.6 is 0 Å². The van der Waals surface area contributed by atoms with Gasteiger partial charge < -0.3 is 0 Å². The molecular weight excluding hydrogens is 432 g/mol. The molecule has 0 nitrogen and oxygen atoms in total. The molecule has 5 rings (SSSR count). The summed E-state index contributed by atoms with van der Waals surface area (Å²) in [6.45, 7) is 13.9. The van der Waals surface area contributed by atoms with Crippen molar-refractivity contribution >= 4 is 0 Å². The van der Waals surface area contributed by atoms with Gasteiger partial charge in [-0.05, 0) is 96.2 Å². The van der Waals surface area contributed by atoms with Gasteiger partial charge in [-0.2, -0.15) is 0 Å². The van der Waals surface area contributed by atoms with E-state index in [0.717, 1.165) is 25.7 Å². The van der Waals surface area contributed by atoms with Crippen molar-refractivity contribution in [1.29, 1.82) is 0 Å². The summed E-state index contributed by atoms with van der Waals surface area (Å²) in [7, 11) is 0. The van der Waals surface area contributed by atoms with E-state index in [1.807, 2.05) is 0 Å². The lowest BCUT2D eigenvalue weighted by molar-refractivity contribution is 0.388. The Labute approximate surface area is 218 Å². The van der Waals surface area contributed by atoms with E-state index in [9.17, 15) is 0 Å². The second kappa shape index (κ2) is 9.40. The van der Waals surface area contributed by atoms with Crippen LogP contribution in [0, 0.1) is 13.8 Å². The summed E-state index contributed by atoms with van der Waals surface area (Å²) < 4.78 is 0. The summed E-state index contributed by atoms with van der Waals surface area (Å²) in [5, 5.41) is 0. The first-order valence-corrected chi connectivity index (χ1v) is 13.9. The van der Waals surface area contributed by atoms with Gasteiger partial charge in [0.15, 0.2) is 0 Å². The number of rotatable bonds is 6. The molecule has 0 heterocycles. The molecule has 0 aliphatic heterocycles. The molecule has 0 fully saturated rings. The summed E-state index contributed by atoms with van der Waals surface area (Å²) in [4.78, 5) is 0. The Balaban J connectivity index is 1.79. The molecule has 0 saturated carbocycles. The van der Waals surface area contributed by atoms with Crippen molar-refractivity contribution in [2.24, 2.45) is 0 Å². The third kappa shape index (κ3) is 3.65. The van der Waals surface area contributed by atoms with Gasteiger partial charge in [0.1, 0.15) is 0 Å². The molecule has 184 valence electrons. The van der Waals surface area contributed by atoms with Crippen LogP contribution in [-0.4, -0.2) is 0 Å². The quantitative estimate of drug-likeness (QED) is 0.262. The van der Waals surface area contributed by atoms with Crippen molar-refractivity contribution in [2.75, 3.05) is 0 Å². The van der Waals surface area contributed by atoms with E-state index in [4.69, 9.17) is 0 Å². The first-order valence-electron chi connectivity index (χ1n) is 13.9. The molecule has 0 atom stereocenters. The maximum absolute atomic E-state index is 2.54. The summed E-state index contributed by atoms with van der Waals surface area (Å²) in [6.07, 6.45) is 4.42. The van der Waals surface area contributed by atoms with Crippen molar-refractivity contribution in [3.05, 3.63) is 118 Å². The molecule has 0 aromatic heterocycles. The van der Waals surface area contributed by atoms with Gasteiger partial charge >= 0.3 is 0 Å². The van der Waals surface area contributed by atoms with Crippen molar-refractivity contribution < 1.29 is 0 Å². The van der Waals surface area contributed by atoms with Crippen LogP contribution in [0.2, 0.25) is 0 Å². The zero-order chi connectivity index (χ0) is 25.5. The monoisotopic (exact) mass is 472 g/mol. The second-order valence-corrected chi connectivity index (χ2v) is 10.8. The molecule has 0 N–H and O–H groups in total. The van der Waals surface area contributed by atoms with Crippen molar-refractivity contribution in [2.45, 2.75) is 78.1 Å². The minimum atomic E-state index is 0.0312. The number of benzene rings is 4. The fourth-order valence-electron chi connectivity index (χ4n) is 7.04. The molecule has 36 heavy (non-hydrogen) atoms. The number of hydrogen-bond donors (Lipinski definition) is 0. The molecule has 1 aliphatic carbocycles. The van der Waals surface area contributed by atoms with Crippen LogP contribution in [0.1, 0.15) is 86.8 Å². The van der Waals surface area contributed by atoms with Crippen LogP contribution < -0.4 is 0 Å². The summed E-state index contributed by atoms with van der Waals surface area (Å²) in [5.41, 5.74) is 14.2. The minimum absolute atomic E-state index is 0.0312. The van der Waals surface area contributed by atoms with Gasteiger partial charge in [0.2, 0.25) is 0 Å². The van der Waals surface area contributed by atoms with Crippen LogP contribution in [0.3, 0.4) is 0 Å². The van der Waals surface area contributed by atoms with Crippen LogP contribution in [-0.2, 0) is 10.8 Å². The molecule has 0 radical (unpaired) electrons. The van der Waals surface area contributed by atoms with Gasteiger partial charge in [-0.15, -0.1) is 0 Å². The summed E-state index contributed by atoms with van der Waals surface area (Å²) in [6, 6.07) is 32.7. The number of hydrogen-bond acceptors (Lipinski definition) is 0. The fraction of sp³-hybridized carbons (Fsp3) is 0.333. The van der Waals surface area contributed by atoms with E-state index in [2.05, 4.69) is 126 Å². The highest BCUT2D eigenvalue weighted by Crippen LogP contribution is 2.56. The van der Waals surface area contributed by atoms with Gasteiger partial charge in [-0.3, -0.25) is 0 Å². The van der Waals surface area contributed by atoms with E-state index in [1.54, 1.807) is 22.3 Å². The van der Waals surface area contributed by atoms with Crippen LogP contribution in [0.4, 0.5) is 0 Å². The lowest BCUT2D eigenvalue weighted by Gasteiger charge is -2.49. The minimum Gasteiger partial charge on any atom is -0.0642 e. The smallest absolute Gasteiger partial charge is 0.0204 e. The van der Waals surface area contributed by atoms with Gasteiger partial charge in [-0.1, -0.05) is 112 Å². The number of fused-ring (bicyclic) bond motifs is 2. The van der Waals surface area contributed by atoms with Gasteiger partial charge in [0.05, 0.1) is 0 Å². The Morgan fingerprint density at radius 2 is 0.778 bits per heavy atom. The highest BCUT2D eigenvalue weighted by atomic mass is 14.5. The molecule has 4 aromatic carbocycles. The SMILES string of the molecule is CCC1(CC)c2ccc(-c3cccc(C)c3)cc2C(CC)(CC)c2ccc(-c3cccc(C)c3)cc21. The third-order valence-electron chi connectivity index (χ3n) is 9.22. The van der Waals surface area contributed by atoms with E-state index in [0.29, 0.717) is 0 Å². The molecule has 0 saturated heterocycles. The standard InChI is InChI=1S/C36H40/c1-7-35(8-2)31-19-17-30(28-16-12-14-26(6)22-28)24-34(31)36(9-3,10-4)32-20-18-29(23-33(32)35)27-15-11-13-25(5)21-27/h11-24H,7-10H2,1-6H3. The molecule has 1 aliphatic rings. The third-order valence-corrected chi connectivity index (χ3v) is 9.22. The summed E-state index contributed by atoms with van der Waals surface area (Å²) in [5.74, 6) is 0. The highest BCUT2D eigenvalue weighted by molar-refractivity contribution is 5.73. The fourth-order valence-corrected chi connectivity index (χ4v) is 7.04. The Bertz CT molecular complexity index is 1290. The van der Waals surface area contributed by atoms with Crippen LogP contribution in [0.15, 0.2) is 84.9 Å². The molecule has 0 unspecified atom stereocenters. The first-order chi connectivity index (χ1) is 17.4. The van der Waals surface area contributed by atoms with Crippen LogP contribution in [0.25, 0.3) is 22.3 Å². The Kier molecular flexibility index (Phi) is 6.41. The summed E-state index contributed by atoms with van der Waals surface area (Å²) >= 11 is 0. The van der Waals surface area contributed by atoms with Gasteiger partial charge in [0, 0.05) is 10.8 Å². The van der Waals surface area contributed by atoms with E-state index < -0.39 is 0 Å². The molecule has 4 aromatic rings. The van der Waals surface area contributed by atoms with E-state index in [1.165, 1.54) is 33.4 Å². The molecule has 0 heteroatoms. The Morgan fingerprint density at radius 3 is 1.11 bits per heavy atom. The van der Waals surface area contributed by atoms with Crippen LogP contribution in [0.5, 0.6) is 0 Å². The predicted octanol–water partition coefficient (Wildman–Crippen LogP) is 10.2. The zero-order valence-corrected chi connectivity index (χ0v) is 22.9. The number of aryl methyl sites for hydroxylation is 2. The van der Waals surface area contributed by atoms with Gasteiger partial charge in [-0.25, -0.2) is 0 Å². The topological polar surface area (TPSA) is 0 Å². The van der Waals surface area contributed by atoms with Crippen molar-refractivity contribution in [3.63, 3.8) is 0 Å². The maximum atomic E-state index is 2.54. The molecule has 0 bridgehead atoms. The van der Waals surface area contributed by atoms with Gasteiger partial charge in [0.25, 0.3) is 0 Å². The van der Waals surface area contributed by atoms with E-state index in [-0.39, 0.29) is 10.8 Å². The Morgan fingerprint density at radius 1 is 0.417 bits per heavy atom. The zero-order valence-electron chi connectivity index (χ0n) is 22.9. The lowest BCUT2D eigenvalue weighted by atomic mass is 9.54. The predicted molar refractivity (Wildman–Crippen MR) is 156 cm³/mol. The average molecular weight is 473 g/mol. The first kappa shape index (κ1) is 24.6. The average Bonchev–Trinajstić information content (AvgIpc) is 2.91. The second-order valence-electron chi connectivity index (χ2n) is 10.8. The molecule has 0 spiro atoms. The lowest BCUT2D eigenvalue weighted by Crippen LogP contribution is -2.42. The van der Waals surface area contributed by atoms with Crippen molar-refractivity contribution in [3.8, 4) is 22.3 Å².